The molecular formula is C52H54O21. The van der Waals surface area contributed by atoms with Crippen molar-refractivity contribution >= 4 is 48.1 Å². The summed E-state index contributed by atoms with van der Waals surface area (Å²) in [5.74, 6) is -2.82. The van der Waals surface area contributed by atoms with E-state index in [4.69, 9.17) is 52.1 Å². The SMILES string of the molecule is C.C=CC(=O)OCCCCOC(=O)Oc1ccc(C(=O)OC)cc1.C=CC(=O)OCCCCOC(=O)Oc1ccc(C(=O)Oc2ccc(C(=O)OC3CO[C@@H]4[C@@H](OC(=O)c5ccc(O)cc5)CO[C@H]34)cc2)cc1. The number of benzene rings is 4. The number of hydrogen-bond acceptors (Lipinski definition) is 21. The van der Waals surface area contributed by atoms with Gasteiger partial charge in [0.05, 0.1) is 69.0 Å². The average Bonchev–Trinajstić information content (AvgIpc) is 3.98. The van der Waals surface area contributed by atoms with Gasteiger partial charge >= 0.3 is 48.1 Å². The molecule has 0 radical (unpaired) electrons. The van der Waals surface area contributed by atoms with Crippen LogP contribution in [0.1, 0.15) is 74.5 Å². The second-order valence-corrected chi connectivity index (χ2v) is 15.0. The molecular weight excluding hydrogens is 961 g/mol. The third-order valence-corrected chi connectivity index (χ3v) is 9.99. The molecule has 388 valence electrons. The number of phenolic OH excluding ortho intramolecular Hbond substituents is 1. The molecule has 21 heteroatoms. The summed E-state index contributed by atoms with van der Waals surface area (Å²) in [6, 6.07) is 22.9. The highest BCUT2D eigenvalue weighted by atomic mass is 16.7. The monoisotopic (exact) mass is 1010 g/mol. The number of aromatic hydroxyl groups is 1. The Balaban J connectivity index is 0.000000406. The zero-order chi connectivity index (χ0) is 51.8. The van der Waals surface area contributed by atoms with E-state index in [9.17, 15) is 43.5 Å². The van der Waals surface area contributed by atoms with E-state index in [1.165, 1.54) is 104 Å². The molecule has 1 unspecified atom stereocenters. The summed E-state index contributed by atoms with van der Waals surface area (Å²) in [5, 5.41) is 9.42. The van der Waals surface area contributed by atoms with Gasteiger partial charge in [-0.25, -0.2) is 38.4 Å². The first-order valence-corrected chi connectivity index (χ1v) is 22.1. The van der Waals surface area contributed by atoms with Gasteiger partial charge in [-0.3, -0.25) is 0 Å². The van der Waals surface area contributed by atoms with Crippen molar-refractivity contribution in [3.63, 3.8) is 0 Å². The molecule has 2 fully saturated rings. The van der Waals surface area contributed by atoms with E-state index in [1.54, 1.807) is 0 Å². The van der Waals surface area contributed by atoms with Crippen LogP contribution in [0.3, 0.4) is 0 Å². The number of methoxy groups -OCH3 is 1. The number of unbranched alkanes of at least 4 members (excludes halogenated alkanes) is 2. The molecule has 73 heavy (non-hydrogen) atoms. The summed E-state index contributed by atoms with van der Waals surface area (Å²) in [6.45, 7) is 7.30. The maximum absolute atomic E-state index is 12.8. The second kappa shape index (κ2) is 29.6. The fourth-order valence-corrected chi connectivity index (χ4v) is 6.33. The zero-order valence-electron chi connectivity index (χ0n) is 38.8. The summed E-state index contributed by atoms with van der Waals surface area (Å²) in [5.41, 5.74) is 0.982. The van der Waals surface area contributed by atoms with Crippen LogP contribution in [0.2, 0.25) is 0 Å². The maximum atomic E-state index is 12.8. The molecule has 0 spiro atoms. The number of carbonyl (C=O) groups is 8. The summed E-state index contributed by atoms with van der Waals surface area (Å²) in [7, 11) is 1.28. The van der Waals surface area contributed by atoms with Gasteiger partial charge in [0, 0.05) is 12.2 Å². The largest absolute Gasteiger partial charge is 0.513 e. The predicted octanol–water partition coefficient (Wildman–Crippen LogP) is 7.32. The normalized spacial score (nSPS) is 15.9. The first kappa shape index (κ1) is 57.0. The second-order valence-electron chi connectivity index (χ2n) is 15.0. The van der Waals surface area contributed by atoms with Crippen LogP contribution in [0.25, 0.3) is 0 Å². The Kier molecular flexibility index (Phi) is 23.1. The lowest BCUT2D eigenvalue weighted by Crippen LogP contribution is -2.36. The fourth-order valence-electron chi connectivity index (χ4n) is 6.33. The van der Waals surface area contributed by atoms with Gasteiger partial charge in [0.2, 0.25) is 0 Å². The quantitative estimate of drug-likeness (QED) is 0.0214. The number of carbonyl (C=O) groups excluding carboxylic acids is 8. The molecule has 21 nitrogen and oxygen atoms in total. The topological polar surface area (TPSA) is 268 Å². The van der Waals surface area contributed by atoms with Crippen LogP contribution >= 0.6 is 0 Å². The van der Waals surface area contributed by atoms with Crippen LogP contribution in [-0.4, -0.2) is 124 Å². The maximum Gasteiger partial charge on any atom is 0.513 e. The van der Waals surface area contributed by atoms with Gasteiger partial charge in [-0.1, -0.05) is 20.6 Å². The zero-order valence-corrected chi connectivity index (χ0v) is 38.8. The van der Waals surface area contributed by atoms with Crippen molar-refractivity contribution in [2.24, 2.45) is 0 Å². The highest BCUT2D eigenvalue weighted by Crippen LogP contribution is 2.32. The van der Waals surface area contributed by atoms with Gasteiger partial charge in [0.15, 0.2) is 12.2 Å². The molecule has 4 atom stereocenters. The van der Waals surface area contributed by atoms with E-state index >= 15 is 0 Å². The van der Waals surface area contributed by atoms with Crippen LogP contribution in [0.5, 0.6) is 23.0 Å². The van der Waals surface area contributed by atoms with Crippen molar-refractivity contribution in [2.45, 2.75) is 57.5 Å². The van der Waals surface area contributed by atoms with Crippen molar-refractivity contribution in [3.05, 3.63) is 145 Å². The summed E-state index contributed by atoms with van der Waals surface area (Å²) >= 11 is 0. The fraction of sp³-hybridized carbons (Fsp3) is 0.308. The molecule has 2 aliphatic rings. The van der Waals surface area contributed by atoms with Gasteiger partial charge in [0.25, 0.3) is 0 Å². The Hall–Kier alpha value is -8.56. The van der Waals surface area contributed by atoms with Crippen LogP contribution in [0.15, 0.2) is 122 Å². The van der Waals surface area contributed by atoms with E-state index in [1.807, 2.05) is 0 Å². The number of hydrogen-bond donors (Lipinski definition) is 1. The van der Waals surface area contributed by atoms with Crippen LogP contribution < -0.4 is 14.2 Å². The number of phenols is 1. The summed E-state index contributed by atoms with van der Waals surface area (Å²) in [6.07, 6.45) is -0.269. The van der Waals surface area contributed by atoms with Crippen LogP contribution in [0.4, 0.5) is 9.59 Å². The molecule has 0 aliphatic carbocycles. The van der Waals surface area contributed by atoms with E-state index in [0.717, 1.165) is 12.2 Å². The molecule has 4 aromatic carbocycles. The Morgan fingerprint density at radius 1 is 0.493 bits per heavy atom. The van der Waals surface area contributed by atoms with E-state index in [0.29, 0.717) is 31.2 Å². The lowest BCUT2D eigenvalue weighted by atomic mass is 10.1. The molecule has 0 aromatic heterocycles. The Bertz CT molecular complexity index is 2500. The molecule has 0 saturated carbocycles. The Labute approximate surface area is 419 Å². The van der Waals surface area contributed by atoms with Crippen molar-refractivity contribution < 1.29 is 100 Å². The van der Waals surface area contributed by atoms with Gasteiger partial charge in [-0.2, -0.15) is 0 Å². The van der Waals surface area contributed by atoms with Gasteiger partial charge in [0.1, 0.15) is 35.2 Å². The van der Waals surface area contributed by atoms with Crippen LogP contribution in [-0.2, 0) is 52.2 Å². The number of ether oxygens (including phenoxy) is 12. The number of rotatable bonds is 21. The molecule has 0 bridgehead atoms. The van der Waals surface area contributed by atoms with Crippen molar-refractivity contribution in [3.8, 4) is 23.0 Å². The smallest absolute Gasteiger partial charge is 0.508 e. The molecule has 0 amide bonds. The van der Waals surface area contributed by atoms with Crippen molar-refractivity contribution in [1.82, 2.24) is 0 Å². The van der Waals surface area contributed by atoms with Gasteiger partial charge in [-0.15, -0.1) is 0 Å². The molecule has 2 heterocycles. The van der Waals surface area contributed by atoms with E-state index in [2.05, 4.69) is 17.9 Å². The average molecular weight is 1010 g/mol. The van der Waals surface area contributed by atoms with Gasteiger partial charge < -0.3 is 61.9 Å². The van der Waals surface area contributed by atoms with Crippen LogP contribution in [0, 0.1) is 0 Å². The first-order valence-electron chi connectivity index (χ1n) is 22.1. The minimum absolute atomic E-state index is 0. The van der Waals surface area contributed by atoms with E-state index < -0.39 is 72.5 Å². The standard InChI is InChI=1S/C35H32O14.C16H18O7.CH4/c1-2-29(37)42-17-3-4-18-43-35(41)47-26-15-9-22(10-16-26)32(38)46-25-13-7-23(8-14-25)34(40)49-28-20-45-30-27(19-44-31(28)30)48-33(39)21-5-11-24(36)12-6-21;1-3-14(17)21-10-4-5-11-22-16(19)23-13-8-6-12(7-9-13)15(18)20-2;/h2,5-16,27-28,30-31,36H,1,3-4,17-20H2;3,6-9H,1,4-5,10-11H2,2H3;1H4/t27-,28?,30+,31+;;/m0../s1. The minimum Gasteiger partial charge on any atom is -0.508 e. The third-order valence-electron chi connectivity index (χ3n) is 9.99. The lowest BCUT2D eigenvalue weighted by molar-refractivity contribution is -0.138. The molecule has 1 N–H and O–H groups in total. The Morgan fingerprint density at radius 3 is 1.19 bits per heavy atom. The molecule has 6 rings (SSSR count). The third kappa shape index (κ3) is 18.6. The summed E-state index contributed by atoms with van der Waals surface area (Å²) in [4.78, 5) is 94.3. The first-order chi connectivity index (χ1) is 34.8. The van der Waals surface area contributed by atoms with Crippen molar-refractivity contribution in [1.29, 1.82) is 0 Å². The molecule has 2 saturated heterocycles. The highest BCUT2D eigenvalue weighted by molar-refractivity contribution is 5.92. The molecule has 4 aromatic rings. The van der Waals surface area contributed by atoms with E-state index in [-0.39, 0.29) is 86.8 Å². The Morgan fingerprint density at radius 2 is 0.822 bits per heavy atom. The highest BCUT2D eigenvalue weighted by Gasteiger charge is 2.51. The minimum atomic E-state index is -0.926. The summed E-state index contributed by atoms with van der Waals surface area (Å²) < 4.78 is 62.0. The lowest BCUT2D eigenvalue weighted by Gasteiger charge is -2.17. The predicted molar refractivity (Wildman–Crippen MR) is 253 cm³/mol. The molecule has 2 aliphatic heterocycles. The number of fused-ring (bicyclic) bond motifs is 1. The number of esters is 6. The van der Waals surface area contributed by atoms with Crippen molar-refractivity contribution in [2.75, 3.05) is 46.8 Å². The van der Waals surface area contributed by atoms with Gasteiger partial charge in [-0.05, 0) is 123 Å².